The van der Waals surface area contributed by atoms with Crippen LogP contribution in [0.4, 0.5) is 0 Å². The number of hydrogen-bond donors (Lipinski definition) is 2. The van der Waals surface area contributed by atoms with Gasteiger partial charge in [0.05, 0.1) is 6.10 Å². The molecule has 0 radical (unpaired) electrons. The van der Waals surface area contributed by atoms with Gasteiger partial charge in [-0.2, -0.15) is 0 Å². The molecule has 0 bridgehead atoms. The first-order valence-electron chi connectivity index (χ1n) is 6.77. The number of fused-ring (bicyclic) bond motifs is 1. The van der Waals surface area contributed by atoms with E-state index in [1.54, 1.807) is 0 Å². The van der Waals surface area contributed by atoms with Crippen molar-refractivity contribution in [2.24, 2.45) is 0 Å². The fourth-order valence-corrected chi connectivity index (χ4v) is 4.21. The van der Waals surface area contributed by atoms with Crippen LogP contribution >= 0.6 is 11.8 Å². The van der Waals surface area contributed by atoms with Crippen molar-refractivity contribution >= 4 is 11.8 Å². The number of thioether (sulfide) groups is 1. The maximum atomic E-state index is 9.75. The molecule has 2 N–H and O–H groups in total. The van der Waals surface area contributed by atoms with Crippen LogP contribution in [0.2, 0.25) is 0 Å². The van der Waals surface area contributed by atoms with E-state index in [9.17, 15) is 5.11 Å². The van der Waals surface area contributed by atoms with Crippen LogP contribution in [-0.2, 0) is 0 Å². The third-order valence-corrected chi connectivity index (χ3v) is 5.34. The summed E-state index contributed by atoms with van der Waals surface area (Å²) in [7, 11) is 0. The molecule has 98 valence electrons. The van der Waals surface area contributed by atoms with Crippen LogP contribution < -0.4 is 5.32 Å². The van der Waals surface area contributed by atoms with E-state index >= 15 is 0 Å². The van der Waals surface area contributed by atoms with Crippen LogP contribution in [0.5, 0.6) is 0 Å². The van der Waals surface area contributed by atoms with Crippen molar-refractivity contribution in [1.29, 1.82) is 0 Å². The second-order valence-electron chi connectivity index (χ2n) is 6.07. The number of rotatable bonds is 2. The maximum Gasteiger partial charge on any atom is 0.0694 e. The molecule has 1 heterocycles. The summed E-state index contributed by atoms with van der Waals surface area (Å²) < 4.78 is 0.265. The van der Waals surface area contributed by atoms with E-state index in [2.05, 4.69) is 43.4 Å². The Kier molecular flexibility index (Phi) is 3.16. The van der Waals surface area contributed by atoms with E-state index in [0.717, 1.165) is 19.3 Å². The van der Waals surface area contributed by atoms with Gasteiger partial charge in [0.2, 0.25) is 0 Å². The van der Waals surface area contributed by atoms with E-state index in [-0.39, 0.29) is 10.9 Å². The van der Waals surface area contributed by atoms with Crippen LogP contribution in [0.1, 0.15) is 44.7 Å². The van der Waals surface area contributed by atoms with Crippen molar-refractivity contribution in [3.8, 4) is 0 Å². The number of aliphatic hydroxyl groups is 1. The summed E-state index contributed by atoms with van der Waals surface area (Å²) in [6, 6.07) is 9.35. The molecule has 0 spiro atoms. The van der Waals surface area contributed by atoms with Gasteiger partial charge in [0.25, 0.3) is 0 Å². The van der Waals surface area contributed by atoms with Crippen LogP contribution in [0.3, 0.4) is 0 Å². The standard InChI is InChI=1S/C15H21NOS/c1-15(2)9-12(16-11-7-8-13(11)17)10-5-3-4-6-14(10)18-15/h3-6,11-13,16-17H,7-9H2,1-2H3/t11-,12?,13-/m1/s1. The quantitative estimate of drug-likeness (QED) is 0.860. The summed E-state index contributed by atoms with van der Waals surface area (Å²) >= 11 is 1.97. The fraction of sp³-hybridized carbons (Fsp3) is 0.600. The highest BCUT2D eigenvalue weighted by Gasteiger charge is 2.37. The fourth-order valence-electron chi connectivity index (χ4n) is 2.89. The molecule has 0 saturated heterocycles. The minimum Gasteiger partial charge on any atom is -0.392 e. The van der Waals surface area contributed by atoms with Gasteiger partial charge in [0.1, 0.15) is 0 Å². The molecule has 1 unspecified atom stereocenters. The van der Waals surface area contributed by atoms with E-state index in [4.69, 9.17) is 0 Å². The lowest BCUT2D eigenvalue weighted by Gasteiger charge is -2.42. The smallest absolute Gasteiger partial charge is 0.0694 e. The Hall–Kier alpha value is -0.510. The van der Waals surface area contributed by atoms with E-state index < -0.39 is 0 Å². The average molecular weight is 263 g/mol. The molecule has 0 amide bonds. The number of nitrogens with one attached hydrogen (secondary N) is 1. The average Bonchev–Trinajstić information content (AvgIpc) is 2.32. The molecule has 3 heteroatoms. The van der Waals surface area contributed by atoms with Gasteiger partial charge in [-0.3, -0.25) is 0 Å². The van der Waals surface area contributed by atoms with Crippen molar-refractivity contribution in [2.75, 3.05) is 0 Å². The Labute approximate surface area is 113 Å². The van der Waals surface area contributed by atoms with E-state index in [1.165, 1.54) is 10.5 Å². The third kappa shape index (κ3) is 2.31. The van der Waals surface area contributed by atoms with E-state index in [1.807, 2.05) is 11.8 Å². The van der Waals surface area contributed by atoms with Gasteiger partial charge in [0, 0.05) is 21.7 Å². The molecular formula is C15H21NOS. The Morgan fingerprint density at radius 1 is 1.28 bits per heavy atom. The second-order valence-corrected chi connectivity index (χ2v) is 7.82. The number of hydrogen-bond acceptors (Lipinski definition) is 3. The summed E-state index contributed by atoms with van der Waals surface area (Å²) in [6.07, 6.45) is 3.03. The molecule has 1 aromatic carbocycles. The van der Waals surface area contributed by atoms with Crippen molar-refractivity contribution in [3.05, 3.63) is 29.8 Å². The molecule has 2 nitrogen and oxygen atoms in total. The number of benzene rings is 1. The van der Waals surface area contributed by atoms with Crippen LogP contribution in [-0.4, -0.2) is 22.0 Å². The van der Waals surface area contributed by atoms with Crippen LogP contribution in [0.25, 0.3) is 0 Å². The maximum absolute atomic E-state index is 9.75. The molecule has 2 aliphatic rings. The lowest BCUT2D eigenvalue weighted by Crippen LogP contribution is -2.50. The van der Waals surface area contributed by atoms with Gasteiger partial charge < -0.3 is 10.4 Å². The Balaban J connectivity index is 1.84. The minimum absolute atomic E-state index is 0.144. The largest absolute Gasteiger partial charge is 0.392 e. The molecule has 18 heavy (non-hydrogen) atoms. The van der Waals surface area contributed by atoms with Gasteiger partial charge in [-0.05, 0) is 30.9 Å². The predicted octanol–water partition coefficient (Wildman–Crippen LogP) is 3.12. The molecule has 3 atom stereocenters. The highest BCUT2D eigenvalue weighted by molar-refractivity contribution is 8.00. The van der Waals surface area contributed by atoms with Gasteiger partial charge in [-0.1, -0.05) is 32.0 Å². The Morgan fingerprint density at radius 2 is 2.06 bits per heavy atom. The summed E-state index contributed by atoms with van der Waals surface area (Å²) in [5, 5.41) is 13.4. The third-order valence-electron chi connectivity index (χ3n) is 4.03. The molecule has 1 saturated carbocycles. The van der Waals surface area contributed by atoms with Crippen molar-refractivity contribution in [1.82, 2.24) is 5.32 Å². The zero-order valence-electron chi connectivity index (χ0n) is 11.0. The molecule has 3 rings (SSSR count). The first kappa shape index (κ1) is 12.5. The highest BCUT2D eigenvalue weighted by Crippen LogP contribution is 2.47. The monoisotopic (exact) mass is 263 g/mol. The highest BCUT2D eigenvalue weighted by atomic mass is 32.2. The first-order chi connectivity index (χ1) is 8.55. The lowest BCUT2D eigenvalue weighted by atomic mass is 9.86. The molecule has 1 aliphatic carbocycles. The van der Waals surface area contributed by atoms with Gasteiger partial charge in [-0.25, -0.2) is 0 Å². The molecule has 1 aromatic rings. The van der Waals surface area contributed by atoms with Gasteiger partial charge in [-0.15, -0.1) is 11.8 Å². The normalized spacial score (nSPS) is 33.6. The topological polar surface area (TPSA) is 32.3 Å². The van der Waals surface area contributed by atoms with Crippen molar-refractivity contribution in [2.45, 2.75) is 60.9 Å². The zero-order valence-corrected chi connectivity index (χ0v) is 11.8. The SMILES string of the molecule is CC1(C)CC(N[C@@H]2CC[C@H]2O)c2ccccc2S1. The Bertz CT molecular complexity index is 446. The van der Waals surface area contributed by atoms with Crippen LogP contribution in [0, 0.1) is 0 Å². The minimum atomic E-state index is -0.144. The summed E-state index contributed by atoms with van der Waals surface area (Å²) in [4.78, 5) is 1.39. The summed E-state index contributed by atoms with van der Waals surface area (Å²) in [5.74, 6) is 0. The van der Waals surface area contributed by atoms with Crippen LogP contribution in [0.15, 0.2) is 29.2 Å². The lowest BCUT2D eigenvalue weighted by molar-refractivity contribution is 0.0422. The Morgan fingerprint density at radius 3 is 2.72 bits per heavy atom. The predicted molar refractivity (Wildman–Crippen MR) is 75.9 cm³/mol. The van der Waals surface area contributed by atoms with Crippen molar-refractivity contribution in [3.63, 3.8) is 0 Å². The summed E-state index contributed by atoms with van der Waals surface area (Å²) in [6.45, 7) is 4.61. The molecule has 0 aromatic heterocycles. The van der Waals surface area contributed by atoms with Gasteiger partial charge in [0.15, 0.2) is 0 Å². The number of aliphatic hydroxyl groups excluding tert-OH is 1. The zero-order chi connectivity index (χ0) is 12.8. The molecule has 1 aliphatic heterocycles. The first-order valence-corrected chi connectivity index (χ1v) is 7.59. The molecule has 1 fully saturated rings. The van der Waals surface area contributed by atoms with E-state index in [0.29, 0.717) is 12.1 Å². The summed E-state index contributed by atoms with van der Waals surface area (Å²) in [5.41, 5.74) is 1.40. The second kappa shape index (κ2) is 4.55. The van der Waals surface area contributed by atoms with Crippen molar-refractivity contribution < 1.29 is 5.11 Å². The molecular weight excluding hydrogens is 242 g/mol. The van der Waals surface area contributed by atoms with Gasteiger partial charge >= 0.3 is 0 Å².